The van der Waals surface area contributed by atoms with Crippen LogP contribution in [0.25, 0.3) is 0 Å². The van der Waals surface area contributed by atoms with Crippen LogP contribution < -0.4 is 0 Å². The Balaban J connectivity index is 2.14. The van der Waals surface area contributed by atoms with Gasteiger partial charge in [-0.05, 0) is 26.8 Å². The second-order valence-electron chi connectivity index (χ2n) is 4.83. The number of epoxide rings is 1. The van der Waals surface area contributed by atoms with E-state index in [1.165, 1.54) is 0 Å². The summed E-state index contributed by atoms with van der Waals surface area (Å²) in [5, 5.41) is 0. The van der Waals surface area contributed by atoms with Crippen molar-refractivity contribution < 1.29 is 23.1 Å². The highest BCUT2D eigenvalue weighted by atomic mass is 28.4. The highest BCUT2D eigenvalue weighted by Gasteiger charge is 2.38. The van der Waals surface area contributed by atoms with Crippen LogP contribution in [-0.4, -0.2) is 60.5 Å². The van der Waals surface area contributed by atoms with Crippen LogP contribution in [0, 0.1) is 0 Å². The Morgan fingerprint density at radius 1 is 1.28 bits per heavy atom. The van der Waals surface area contributed by atoms with E-state index in [1.54, 1.807) is 14.2 Å². The minimum Gasteiger partial charge on any atom is -0.396 e. The fourth-order valence-electron chi connectivity index (χ4n) is 1.58. The lowest BCUT2D eigenvalue weighted by molar-refractivity contribution is -0.00255. The van der Waals surface area contributed by atoms with Gasteiger partial charge in [0.25, 0.3) is 0 Å². The maximum Gasteiger partial charge on any atom is 0.364 e. The van der Waals surface area contributed by atoms with Gasteiger partial charge in [-0.25, -0.2) is 0 Å². The average molecular weight is 278 g/mol. The largest absolute Gasteiger partial charge is 0.396 e. The van der Waals surface area contributed by atoms with Crippen LogP contribution in [-0.2, 0) is 23.1 Å². The molecule has 5 nitrogen and oxygen atoms in total. The molecule has 0 saturated carbocycles. The van der Waals surface area contributed by atoms with Crippen LogP contribution in [0.5, 0.6) is 0 Å². The van der Waals surface area contributed by atoms with Crippen LogP contribution >= 0.6 is 0 Å². The first kappa shape index (κ1) is 16.1. The molecule has 6 heteroatoms. The summed E-state index contributed by atoms with van der Waals surface area (Å²) in [6.45, 7) is 8.30. The highest BCUT2D eigenvalue weighted by molar-refractivity contribution is 6.67. The van der Waals surface area contributed by atoms with E-state index in [2.05, 4.69) is 0 Å². The van der Waals surface area contributed by atoms with Gasteiger partial charge in [-0.3, -0.25) is 0 Å². The SMILES string of the molecule is CO[Si](C)(OC)C(C)OC(C)CCOCC1CO1. The Labute approximate surface area is 111 Å². The third-order valence-corrected chi connectivity index (χ3v) is 6.59. The Hall–Kier alpha value is 0.0169. The lowest BCUT2D eigenvalue weighted by Crippen LogP contribution is -2.50. The van der Waals surface area contributed by atoms with E-state index < -0.39 is 8.56 Å². The molecule has 0 bridgehead atoms. The van der Waals surface area contributed by atoms with E-state index in [0.29, 0.717) is 19.3 Å². The van der Waals surface area contributed by atoms with Crippen molar-refractivity contribution in [3.63, 3.8) is 0 Å². The molecule has 1 rings (SSSR count). The van der Waals surface area contributed by atoms with Crippen molar-refractivity contribution in [1.82, 2.24) is 0 Å². The van der Waals surface area contributed by atoms with E-state index in [1.807, 2.05) is 20.4 Å². The standard InChI is InChI=1S/C12H26O5Si/c1-10(6-7-15-8-12-9-16-12)17-11(2)18(5,13-3)14-4/h10-12H,6-9H2,1-5H3. The number of ether oxygens (including phenoxy) is 3. The fraction of sp³-hybridized carbons (Fsp3) is 1.00. The van der Waals surface area contributed by atoms with Gasteiger partial charge in [0.1, 0.15) is 6.10 Å². The molecule has 0 aromatic rings. The molecule has 1 fully saturated rings. The molecule has 1 aliphatic rings. The normalized spacial score (nSPS) is 22.8. The molecule has 1 aliphatic heterocycles. The fourth-order valence-corrected chi connectivity index (χ4v) is 2.89. The Kier molecular flexibility index (Phi) is 6.76. The number of rotatable bonds is 10. The molecule has 1 heterocycles. The summed E-state index contributed by atoms with van der Waals surface area (Å²) >= 11 is 0. The van der Waals surface area contributed by atoms with Gasteiger partial charge in [0.05, 0.1) is 25.0 Å². The third-order valence-electron chi connectivity index (χ3n) is 3.36. The van der Waals surface area contributed by atoms with Crippen molar-refractivity contribution in [2.75, 3.05) is 34.0 Å². The summed E-state index contributed by atoms with van der Waals surface area (Å²) in [4.78, 5) is 0. The molecule has 3 atom stereocenters. The van der Waals surface area contributed by atoms with E-state index in [-0.39, 0.29) is 11.8 Å². The lowest BCUT2D eigenvalue weighted by Gasteiger charge is -2.31. The van der Waals surface area contributed by atoms with Gasteiger partial charge in [0.15, 0.2) is 0 Å². The molecule has 18 heavy (non-hydrogen) atoms. The molecule has 0 spiro atoms. The summed E-state index contributed by atoms with van der Waals surface area (Å²) in [7, 11) is 1.16. The first-order chi connectivity index (χ1) is 8.51. The van der Waals surface area contributed by atoms with Crippen molar-refractivity contribution in [2.45, 2.75) is 44.8 Å². The molecule has 1 saturated heterocycles. The maximum atomic E-state index is 5.92. The van der Waals surface area contributed by atoms with Gasteiger partial charge in [0.2, 0.25) is 0 Å². The van der Waals surface area contributed by atoms with Gasteiger partial charge in [-0.2, -0.15) is 0 Å². The van der Waals surface area contributed by atoms with Crippen molar-refractivity contribution in [1.29, 1.82) is 0 Å². The molecule has 0 aromatic carbocycles. The van der Waals surface area contributed by atoms with Crippen LogP contribution in [0.15, 0.2) is 0 Å². The Bertz CT molecular complexity index is 231. The van der Waals surface area contributed by atoms with Crippen molar-refractivity contribution in [2.24, 2.45) is 0 Å². The van der Waals surface area contributed by atoms with Gasteiger partial charge in [-0.1, -0.05) is 0 Å². The first-order valence-electron chi connectivity index (χ1n) is 6.47. The second kappa shape index (κ2) is 7.57. The van der Waals surface area contributed by atoms with Crippen molar-refractivity contribution in [3.05, 3.63) is 0 Å². The maximum absolute atomic E-state index is 5.92. The van der Waals surface area contributed by atoms with Crippen LogP contribution in [0.4, 0.5) is 0 Å². The lowest BCUT2D eigenvalue weighted by atomic mass is 10.3. The first-order valence-corrected chi connectivity index (χ1v) is 8.86. The zero-order valence-electron chi connectivity index (χ0n) is 12.1. The molecule has 0 aliphatic carbocycles. The molecule has 0 radical (unpaired) electrons. The average Bonchev–Trinajstić information content (AvgIpc) is 3.17. The summed E-state index contributed by atoms with van der Waals surface area (Å²) in [5.74, 6) is 0. The Morgan fingerprint density at radius 3 is 2.39 bits per heavy atom. The van der Waals surface area contributed by atoms with E-state index in [4.69, 9.17) is 23.1 Å². The minimum atomic E-state index is -2.20. The molecule has 108 valence electrons. The quantitative estimate of drug-likeness (QED) is 0.344. The third kappa shape index (κ3) is 5.34. The van der Waals surface area contributed by atoms with Gasteiger partial charge >= 0.3 is 8.56 Å². The molecule has 0 aromatic heterocycles. The predicted molar refractivity (Wildman–Crippen MR) is 70.8 cm³/mol. The van der Waals surface area contributed by atoms with Gasteiger partial charge < -0.3 is 23.1 Å². The molecular formula is C12H26O5Si. The highest BCUT2D eigenvalue weighted by Crippen LogP contribution is 2.16. The smallest absolute Gasteiger partial charge is 0.364 e. The Morgan fingerprint density at radius 2 is 1.89 bits per heavy atom. The zero-order chi connectivity index (χ0) is 13.6. The summed E-state index contributed by atoms with van der Waals surface area (Å²) in [5.41, 5.74) is -0.00531. The van der Waals surface area contributed by atoms with Crippen LogP contribution in [0.3, 0.4) is 0 Å². The van der Waals surface area contributed by atoms with Gasteiger partial charge in [-0.15, -0.1) is 0 Å². The summed E-state index contributed by atoms with van der Waals surface area (Å²) < 4.78 is 27.4. The number of hydrogen-bond acceptors (Lipinski definition) is 5. The molecule has 0 amide bonds. The molecule has 3 unspecified atom stereocenters. The van der Waals surface area contributed by atoms with Crippen molar-refractivity contribution >= 4 is 8.56 Å². The van der Waals surface area contributed by atoms with Crippen molar-refractivity contribution in [3.8, 4) is 0 Å². The van der Waals surface area contributed by atoms with Crippen LogP contribution in [0.1, 0.15) is 20.3 Å². The van der Waals surface area contributed by atoms with E-state index in [9.17, 15) is 0 Å². The van der Waals surface area contributed by atoms with E-state index >= 15 is 0 Å². The van der Waals surface area contributed by atoms with Crippen LogP contribution in [0.2, 0.25) is 6.55 Å². The monoisotopic (exact) mass is 278 g/mol. The summed E-state index contributed by atoms with van der Waals surface area (Å²) in [6, 6.07) is 0. The van der Waals surface area contributed by atoms with E-state index in [0.717, 1.165) is 13.0 Å². The second-order valence-corrected chi connectivity index (χ2v) is 8.49. The van der Waals surface area contributed by atoms with Gasteiger partial charge in [0, 0.05) is 20.8 Å². The molecule has 0 N–H and O–H groups in total. The number of hydrogen-bond donors (Lipinski definition) is 0. The summed E-state index contributed by atoms with van der Waals surface area (Å²) in [6.07, 6.45) is 1.34. The predicted octanol–water partition coefficient (Wildman–Crippen LogP) is 1.49. The minimum absolute atomic E-state index is 0.00531. The zero-order valence-corrected chi connectivity index (χ0v) is 13.1. The topological polar surface area (TPSA) is 49.5 Å². The molecular weight excluding hydrogens is 252 g/mol.